The van der Waals surface area contributed by atoms with Crippen molar-refractivity contribution >= 4 is 5.82 Å². The molecule has 16 heavy (non-hydrogen) atoms. The van der Waals surface area contributed by atoms with Gasteiger partial charge in [0.25, 0.3) is 0 Å². The summed E-state index contributed by atoms with van der Waals surface area (Å²) in [6.07, 6.45) is 4.00. The Morgan fingerprint density at radius 1 is 1.38 bits per heavy atom. The lowest BCUT2D eigenvalue weighted by molar-refractivity contribution is 0.408. The number of rotatable bonds is 4. The zero-order valence-electron chi connectivity index (χ0n) is 10.8. The third kappa shape index (κ3) is 2.23. The van der Waals surface area contributed by atoms with Crippen molar-refractivity contribution in [1.82, 2.24) is 9.78 Å². The van der Waals surface area contributed by atoms with Gasteiger partial charge >= 0.3 is 0 Å². The molecule has 0 spiro atoms. The lowest BCUT2D eigenvalue weighted by atomic mass is 9.83. The third-order valence-corrected chi connectivity index (χ3v) is 3.80. The highest BCUT2D eigenvalue weighted by Crippen LogP contribution is 2.36. The van der Waals surface area contributed by atoms with Crippen molar-refractivity contribution < 1.29 is 0 Å². The first-order valence-electron chi connectivity index (χ1n) is 6.38. The van der Waals surface area contributed by atoms with E-state index in [2.05, 4.69) is 37.3 Å². The van der Waals surface area contributed by atoms with Crippen LogP contribution in [-0.4, -0.2) is 15.8 Å². The minimum absolute atomic E-state index is 0.490. The van der Waals surface area contributed by atoms with Gasteiger partial charge in [-0.25, -0.2) is 0 Å². The Balaban J connectivity index is 2.06. The van der Waals surface area contributed by atoms with Crippen LogP contribution in [0, 0.1) is 5.92 Å². The molecular formula is C13H23N3. The zero-order valence-corrected chi connectivity index (χ0v) is 10.8. The summed E-state index contributed by atoms with van der Waals surface area (Å²) < 4.78 is 1.98. The summed E-state index contributed by atoms with van der Waals surface area (Å²) in [5.74, 6) is 2.52. The van der Waals surface area contributed by atoms with Crippen LogP contribution >= 0.6 is 0 Å². The Hall–Kier alpha value is -0.990. The van der Waals surface area contributed by atoms with Crippen molar-refractivity contribution in [2.75, 3.05) is 5.32 Å². The molecule has 0 amide bonds. The second-order valence-corrected chi connectivity index (χ2v) is 5.38. The maximum Gasteiger partial charge on any atom is 0.124 e. The zero-order chi connectivity index (χ0) is 11.7. The van der Waals surface area contributed by atoms with E-state index in [1.165, 1.54) is 25.0 Å². The van der Waals surface area contributed by atoms with Gasteiger partial charge in [-0.3, -0.25) is 4.68 Å². The van der Waals surface area contributed by atoms with Crippen LogP contribution in [0.5, 0.6) is 0 Å². The molecule has 1 aliphatic rings. The van der Waals surface area contributed by atoms with E-state index in [4.69, 9.17) is 0 Å². The number of hydrogen-bond acceptors (Lipinski definition) is 2. The van der Waals surface area contributed by atoms with Crippen LogP contribution in [-0.2, 0) is 7.05 Å². The monoisotopic (exact) mass is 221 g/mol. The summed E-state index contributed by atoms with van der Waals surface area (Å²) in [6, 6.07) is 2.72. The summed E-state index contributed by atoms with van der Waals surface area (Å²) in [5.41, 5.74) is 1.27. The smallest absolute Gasteiger partial charge is 0.124 e. The topological polar surface area (TPSA) is 29.9 Å². The molecule has 1 N–H and O–H groups in total. The normalized spacial score (nSPS) is 18.6. The van der Waals surface area contributed by atoms with Gasteiger partial charge in [0.05, 0.1) is 5.69 Å². The maximum absolute atomic E-state index is 4.60. The first-order chi connectivity index (χ1) is 7.58. The van der Waals surface area contributed by atoms with Gasteiger partial charge in [0.15, 0.2) is 0 Å². The summed E-state index contributed by atoms with van der Waals surface area (Å²) >= 11 is 0. The second kappa shape index (κ2) is 4.48. The number of aromatic nitrogens is 2. The molecule has 1 saturated carbocycles. The molecule has 1 unspecified atom stereocenters. The predicted octanol–water partition coefficient (Wildman–Crippen LogP) is 3.14. The van der Waals surface area contributed by atoms with E-state index in [9.17, 15) is 0 Å². The highest BCUT2D eigenvalue weighted by atomic mass is 15.3. The summed E-state index contributed by atoms with van der Waals surface area (Å²) in [6.45, 7) is 6.70. The highest BCUT2D eigenvalue weighted by Gasteiger charge is 2.23. The molecule has 0 bridgehead atoms. The van der Waals surface area contributed by atoms with Crippen LogP contribution in [0.25, 0.3) is 0 Å². The number of nitrogens with zero attached hydrogens (tertiary/aromatic N) is 2. The fraction of sp³-hybridized carbons (Fsp3) is 0.769. The Morgan fingerprint density at radius 3 is 2.56 bits per heavy atom. The summed E-state index contributed by atoms with van der Waals surface area (Å²) in [7, 11) is 2.03. The molecular weight excluding hydrogens is 198 g/mol. The first kappa shape index (κ1) is 11.5. The van der Waals surface area contributed by atoms with Gasteiger partial charge < -0.3 is 5.32 Å². The number of anilines is 1. The van der Waals surface area contributed by atoms with Gasteiger partial charge in [-0.2, -0.15) is 5.10 Å². The molecule has 0 saturated heterocycles. The standard InChI is InChI=1S/C13H23N3/c1-9(2)10(3)14-13-8-12(15-16(13)4)11-6-5-7-11/h8-11,14H,5-7H2,1-4H3. The van der Waals surface area contributed by atoms with Gasteiger partial charge in [-0.05, 0) is 25.7 Å². The van der Waals surface area contributed by atoms with Gasteiger partial charge in [0, 0.05) is 25.1 Å². The number of nitrogens with one attached hydrogen (secondary N) is 1. The summed E-state index contributed by atoms with van der Waals surface area (Å²) in [5, 5.41) is 8.13. The van der Waals surface area contributed by atoms with Gasteiger partial charge in [-0.15, -0.1) is 0 Å². The van der Waals surface area contributed by atoms with E-state index in [1.54, 1.807) is 0 Å². The highest BCUT2D eigenvalue weighted by molar-refractivity contribution is 5.39. The Labute approximate surface area is 98.2 Å². The van der Waals surface area contributed by atoms with Crippen molar-refractivity contribution in [2.45, 2.75) is 52.0 Å². The molecule has 3 heteroatoms. The fourth-order valence-electron chi connectivity index (χ4n) is 1.93. The lowest BCUT2D eigenvalue weighted by Gasteiger charge is -2.22. The quantitative estimate of drug-likeness (QED) is 0.846. The summed E-state index contributed by atoms with van der Waals surface area (Å²) in [4.78, 5) is 0. The van der Waals surface area contributed by atoms with Gasteiger partial charge in [0.1, 0.15) is 5.82 Å². The Kier molecular flexibility index (Phi) is 3.22. The SMILES string of the molecule is CC(C)C(C)Nc1cc(C2CCC2)nn1C. The second-order valence-electron chi connectivity index (χ2n) is 5.38. The molecule has 1 atom stereocenters. The molecule has 1 aliphatic carbocycles. The van der Waals surface area contributed by atoms with Crippen molar-refractivity contribution in [3.05, 3.63) is 11.8 Å². The van der Waals surface area contributed by atoms with Crippen LogP contribution in [0.4, 0.5) is 5.82 Å². The molecule has 0 radical (unpaired) electrons. The van der Waals surface area contributed by atoms with Crippen LogP contribution in [0.1, 0.15) is 51.6 Å². The van der Waals surface area contributed by atoms with Crippen molar-refractivity contribution in [3.8, 4) is 0 Å². The van der Waals surface area contributed by atoms with E-state index in [0.29, 0.717) is 12.0 Å². The maximum atomic E-state index is 4.60. The van der Waals surface area contributed by atoms with Gasteiger partial charge in [0.2, 0.25) is 0 Å². The minimum Gasteiger partial charge on any atom is -0.368 e. The molecule has 90 valence electrons. The van der Waals surface area contributed by atoms with Crippen LogP contribution < -0.4 is 5.32 Å². The van der Waals surface area contributed by atoms with Crippen molar-refractivity contribution in [3.63, 3.8) is 0 Å². The number of hydrogen-bond donors (Lipinski definition) is 1. The van der Waals surface area contributed by atoms with E-state index < -0.39 is 0 Å². The molecule has 0 aliphatic heterocycles. The van der Waals surface area contributed by atoms with Crippen LogP contribution in [0.15, 0.2) is 6.07 Å². The lowest BCUT2D eigenvalue weighted by Crippen LogP contribution is -2.22. The molecule has 1 fully saturated rings. The van der Waals surface area contributed by atoms with Crippen molar-refractivity contribution in [2.24, 2.45) is 13.0 Å². The molecule has 1 heterocycles. The third-order valence-electron chi connectivity index (χ3n) is 3.80. The Bertz CT molecular complexity index is 350. The van der Waals surface area contributed by atoms with Crippen LogP contribution in [0.3, 0.4) is 0 Å². The molecule has 0 aromatic carbocycles. The average molecular weight is 221 g/mol. The van der Waals surface area contributed by atoms with Crippen molar-refractivity contribution in [1.29, 1.82) is 0 Å². The largest absolute Gasteiger partial charge is 0.368 e. The first-order valence-corrected chi connectivity index (χ1v) is 6.38. The van der Waals surface area contributed by atoms with E-state index in [1.807, 2.05) is 11.7 Å². The minimum atomic E-state index is 0.490. The predicted molar refractivity (Wildman–Crippen MR) is 67.7 cm³/mol. The van der Waals surface area contributed by atoms with E-state index in [-0.39, 0.29) is 0 Å². The van der Waals surface area contributed by atoms with Crippen LogP contribution in [0.2, 0.25) is 0 Å². The molecule has 3 nitrogen and oxygen atoms in total. The molecule has 1 aromatic rings. The fourth-order valence-corrected chi connectivity index (χ4v) is 1.93. The Morgan fingerprint density at radius 2 is 2.06 bits per heavy atom. The molecule has 1 aromatic heterocycles. The van der Waals surface area contributed by atoms with Gasteiger partial charge in [-0.1, -0.05) is 20.3 Å². The number of aryl methyl sites for hydroxylation is 1. The van der Waals surface area contributed by atoms with E-state index >= 15 is 0 Å². The van der Waals surface area contributed by atoms with E-state index in [0.717, 1.165) is 11.7 Å². The average Bonchev–Trinajstić information content (AvgIpc) is 2.44. The molecule has 2 rings (SSSR count).